The minimum Gasteiger partial charge on any atom is -0.449 e. The molecule has 3 aromatic rings. The monoisotopic (exact) mass is 464 g/mol. The predicted molar refractivity (Wildman–Crippen MR) is 117 cm³/mol. The number of furan rings is 1. The summed E-state index contributed by atoms with van der Waals surface area (Å²) in [5.74, 6) is -3.01. The maximum absolute atomic E-state index is 13.3. The minimum absolute atomic E-state index is 0.0415. The normalized spacial score (nSPS) is 16.2. The number of benzene rings is 1. The molecule has 1 fully saturated rings. The van der Waals surface area contributed by atoms with Crippen molar-refractivity contribution in [1.82, 2.24) is 10.3 Å². The molecule has 1 N–H and O–H groups in total. The van der Waals surface area contributed by atoms with Crippen LogP contribution in [-0.2, 0) is 16.4 Å². The molecule has 0 saturated heterocycles. The Hall–Kier alpha value is -2.81. The fourth-order valence-electron chi connectivity index (χ4n) is 3.58. The predicted octanol–water partition coefficient (Wildman–Crippen LogP) is 5.14. The number of rotatable bonds is 5. The van der Waals surface area contributed by atoms with Gasteiger partial charge < -0.3 is 9.73 Å². The standard InChI is InChI=1S/C21H20F2N2O4S.C2H6/c22-21(23)8-5-17(6-9-21)30(27,28)16-3-1-14(2-4-16)12-25-20(26)18-11-15-7-10-24-13-19(15)29-18;1-2/h1-4,7,10-11,13,17H,5-6,8-9,12H2,(H,25,26);1-2H3. The number of alkyl halides is 2. The van der Waals surface area contributed by atoms with Crippen molar-refractivity contribution in [3.63, 3.8) is 0 Å². The van der Waals surface area contributed by atoms with Gasteiger partial charge >= 0.3 is 0 Å². The zero-order chi connectivity index (χ0) is 23.4. The van der Waals surface area contributed by atoms with Gasteiger partial charge in [0.1, 0.15) is 0 Å². The molecule has 9 heteroatoms. The second-order valence-corrected chi connectivity index (χ2v) is 9.68. The smallest absolute Gasteiger partial charge is 0.287 e. The van der Waals surface area contributed by atoms with Gasteiger partial charge in [-0.3, -0.25) is 9.78 Å². The van der Waals surface area contributed by atoms with E-state index < -0.39 is 39.8 Å². The summed E-state index contributed by atoms with van der Waals surface area (Å²) in [4.78, 5) is 16.3. The number of fused-ring (bicyclic) bond motifs is 1. The molecule has 1 aliphatic carbocycles. The second kappa shape index (κ2) is 9.77. The van der Waals surface area contributed by atoms with E-state index in [2.05, 4.69) is 10.3 Å². The largest absolute Gasteiger partial charge is 0.449 e. The summed E-state index contributed by atoms with van der Waals surface area (Å²) in [5.41, 5.74) is 1.22. The summed E-state index contributed by atoms with van der Waals surface area (Å²) in [5, 5.41) is 2.70. The van der Waals surface area contributed by atoms with Crippen molar-refractivity contribution in [1.29, 1.82) is 0 Å². The van der Waals surface area contributed by atoms with Crippen molar-refractivity contribution in [2.45, 2.75) is 62.1 Å². The highest BCUT2D eigenvalue weighted by atomic mass is 32.2. The number of pyridine rings is 1. The highest BCUT2D eigenvalue weighted by Crippen LogP contribution is 2.37. The van der Waals surface area contributed by atoms with Gasteiger partial charge in [-0.25, -0.2) is 17.2 Å². The number of carbonyl (C=O) groups is 1. The van der Waals surface area contributed by atoms with E-state index in [0.717, 1.165) is 5.39 Å². The van der Waals surface area contributed by atoms with Crippen LogP contribution < -0.4 is 5.32 Å². The van der Waals surface area contributed by atoms with Gasteiger partial charge in [0.05, 0.1) is 16.3 Å². The summed E-state index contributed by atoms with van der Waals surface area (Å²) < 4.78 is 57.5. The lowest BCUT2D eigenvalue weighted by atomic mass is 9.96. The van der Waals surface area contributed by atoms with E-state index in [9.17, 15) is 22.0 Å². The van der Waals surface area contributed by atoms with Crippen LogP contribution in [0.4, 0.5) is 8.78 Å². The van der Waals surface area contributed by atoms with Crippen molar-refractivity contribution in [3.8, 4) is 0 Å². The molecule has 0 aliphatic heterocycles. The maximum atomic E-state index is 13.3. The van der Waals surface area contributed by atoms with Crippen LogP contribution in [0.25, 0.3) is 11.0 Å². The number of nitrogens with one attached hydrogen (secondary N) is 1. The van der Waals surface area contributed by atoms with Crippen molar-refractivity contribution in [2.75, 3.05) is 0 Å². The first-order valence-electron chi connectivity index (χ1n) is 10.6. The Morgan fingerprint density at radius 3 is 2.44 bits per heavy atom. The highest BCUT2D eigenvalue weighted by Gasteiger charge is 2.40. The molecule has 1 amide bonds. The third kappa shape index (κ3) is 5.32. The molecule has 1 saturated carbocycles. The molecule has 0 unspecified atom stereocenters. The third-order valence-electron chi connectivity index (χ3n) is 5.35. The molecule has 1 aliphatic rings. The Bertz CT molecular complexity index is 1130. The molecule has 0 atom stereocenters. The Kier molecular flexibility index (Phi) is 7.28. The number of hydrogen-bond donors (Lipinski definition) is 1. The summed E-state index contributed by atoms with van der Waals surface area (Å²) in [6.45, 7) is 4.18. The second-order valence-electron chi connectivity index (χ2n) is 7.45. The molecule has 0 bridgehead atoms. The van der Waals surface area contributed by atoms with Crippen LogP contribution in [0.5, 0.6) is 0 Å². The summed E-state index contributed by atoms with van der Waals surface area (Å²) >= 11 is 0. The molecule has 2 heterocycles. The first-order valence-corrected chi connectivity index (χ1v) is 12.1. The van der Waals surface area contributed by atoms with Gasteiger partial charge in [-0.2, -0.15) is 0 Å². The number of aromatic nitrogens is 1. The molecule has 1 aromatic carbocycles. The molecular weight excluding hydrogens is 438 g/mol. The number of sulfone groups is 1. The zero-order valence-corrected chi connectivity index (χ0v) is 18.8. The lowest BCUT2D eigenvalue weighted by Crippen LogP contribution is -2.32. The van der Waals surface area contributed by atoms with E-state index in [0.29, 0.717) is 11.1 Å². The molecule has 172 valence electrons. The van der Waals surface area contributed by atoms with Crippen LogP contribution >= 0.6 is 0 Å². The Morgan fingerprint density at radius 1 is 1.16 bits per heavy atom. The fourth-order valence-corrected chi connectivity index (χ4v) is 5.34. The van der Waals surface area contributed by atoms with E-state index >= 15 is 0 Å². The van der Waals surface area contributed by atoms with Gasteiger partial charge in [-0.1, -0.05) is 26.0 Å². The molecule has 32 heavy (non-hydrogen) atoms. The van der Waals surface area contributed by atoms with E-state index in [4.69, 9.17) is 4.42 Å². The van der Waals surface area contributed by atoms with Crippen LogP contribution in [0.3, 0.4) is 0 Å². The number of nitrogens with zero attached hydrogens (tertiary/aromatic N) is 1. The topological polar surface area (TPSA) is 89.3 Å². The van der Waals surface area contributed by atoms with Crippen LogP contribution in [0.15, 0.2) is 58.1 Å². The van der Waals surface area contributed by atoms with Crippen molar-refractivity contribution in [2.24, 2.45) is 0 Å². The lowest BCUT2D eigenvalue weighted by Gasteiger charge is -2.28. The zero-order valence-electron chi connectivity index (χ0n) is 18.0. The van der Waals surface area contributed by atoms with Gasteiger partial charge in [0.15, 0.2) is 21.2 Å². The first-order chi connectivity index (χ1) is 15.2. The van der Waals surface area contributed by atoms with Crippen LogP contribution in [0.2, 0.25) is 0 Å². The minimum atomic E-state index is -3.66. The summed E-state index contributed by atoms with van der Waals surface area (Å²) in [6.07, 6.45) is 2.24. The molecular formula is C23H26F2N2O4S. The van der Waals surface area contributed by atoms with Gasteiger partial charge in [0.25, 0.3) is 5.91 Å². The lowest BCUT2D eigenvalue weighted by molar-refractivity contribution is -0.0328. The van der Waals surface area contributed by atoms with Crippen molar-refractivity contribution >= 4 is 26.7 Å². The molecule has 0 radical (unpaired) electrons. The number of halogens is 2. The van der Waals surface area contributed by atoms with Gasteiger partial charge in [-0.15, -0.1) is 0 Å². The van der Waals surface area contributed by atoms with Crippen molar-refractivity contribution < 1.29 is 26.4 Å². The Balaban J connectivity index is 0.00000141. The SMILES string of the molecule is CC.O=C(NCc1ccc(S(=O)(=O)C2CCC(F)(F)CC2)cc1)c1cc2ccncc2o1. The van der Waals surface area contributed by atoms with Crippen LogP contribution in [0.1, 0.15) is 55.6 Å². The average Bonchev–Trinajstić information content (AvgIpc) is 3.23. The molecule has 6 nitrogen and oxygen atoms in total. The number of amides is 1. The highest BCUT2D eigenvalue weighted by molar-refractivity contribution is 7.92. The first kappa shape index (κ1) is 23.8. The van der Waals surface area contributed by atoms with Crippen LogP contribution in [0, 0.1) is 0 Å². The molecule has 0 spiro atoms. The summed E-state index contributed by atoms with van der Waals surface area (Å²) in [7, 11) is -3.66. The number of hydrogen-bond acceptors (Lipinski definition) is 5. The molecule has 2 aromatic heterocycles. The van der Waals surface area contributed by atoms with E-state index in [1.54, 1.807) is 30.5 Å². The van der Waals surface area contributed by atoms with E-state index in [-0.39, 0.29) is 30.0 Å². The van der Waals surface area contributed by atoms with Crippen molar-refractivity contribution in [3.05, 3.63) is 60.1 Å². The van der Waals surface area contributed by atoms with E-state index in [1.165, 1.54) is 18.3 Å². The van der Waals surface area contributed by atoms with Gasteiger partial charge in [0, 0.05) is 31.0 Å². The maximum Gasteiger partial charge on any atom is 0.287 e. The quantitative estimate of drug-likeness (QED) is 0.565. The summed E-state index contributed by atoms with van der Waals surface area (Å²) in [6, 6.07) is 9.48. The van der Waals surface area contributed by atoms with Gasteiger partial charge in [-0.05, 0) is 42.7 Å². The van der Waals surface area contributed by atoms with E-state index in [1.807, 2.05) is 13.8 Å². The third-order valence-corrected chi connectivity index (χ3v) is 7.63. The fraction of sp³-hybridized carbons (Fsp3) is 0.391. The Morgan fingerprint density at radius 2 is 1.81 bits per heavy atom. The Labute approximate surface area is 186 Å². The molecule has 4 rings (SSSR count). The number of carbonyl (C=O) groups excluding carboxylic acids is 1. The van der Waals surface area contributed by atoms with Crippen LogP contribution in [-0.4, -0.2) is 30.5 Å². The average molecular weight is 465 g/mol. The van der Waals surface area contributed by atoms with Gasteiger partial charge in [0.2, 0.25) is 5.92 Å².